The number of ether oxygens (including phenoxy) is 1. The summed E-state index contributed by atoms with van der Waals surface area (Å²) in [4.78, 5) is 13.8. The van der Waals surface area contributed by atoms with Gasteiger partial charge < -0.3 is 4.74 Å². The van der Waals surface area contributed by atoms with Crippen LogP contribution in [-0.2, 0) is 20.5 Å². The molecule has 0 radical (unpaired) electrons. The van der Waals surface area contributed by atoms with Gasteiger partial charge in [0.2, 0.25) is 0 Å². The summed E-state index contributed by atoms with van der Waals surface area (Å²) < 4.78 is 22.2. The van der Waals surface area contributed by atoms with Crippen molar-refractivity contribution in [2.75, 3.05) is 7.11 Å². The molecule has 0 fully saturated rings. The molecule has 3 rings (SSSR count). The molecule has 0 bridgehead atoms. The average Bonchev–Trinajstić information content (AvgIpc) is 2.86. The third-order valence-corrected chi connectivity index (χ3v) is 14.8. The summed E-state index contributed by atoms with van der Waals surface area (Å²) in [6.45, 7) is 12.7. The minimum absolute atomic E-state index is 0.104. The standard InChI is InChI=1S/C30H39NO3SSi/c1-23-18-20-24(21-19-23)35(33)31-27(30(5,6)28(32)34-7)22-36(29(2,3)4,25-14-10-8-11-15-25)26-16-12-9-13-17-26/h8-21,27,31H,22H2,1-7H3/t27-,35-/m0/s1. The highest BCUT2D eigenvalue weighted by Crippen LogP contribution is 2.42. The molecular formula is C30H39NO3SSi. The van der Waals surface area contributed by atoms with Crippen LogP contribution in [0.3, 0.4) is 0 Å². The van der Waals surface area contributed by atoms with Crippen molar-refractivity contribution in [2.24, 2.45) is 5.41 Å². The highest BCUT2D eigenvalue weighted by Gasteiger charge is 2.52. The molecule has 0 spiro atoms. The second kappa shape index (κ2) is 11.2. The van der Waals surface area contributed by atoms with Gasteiger partial charge in [-0.25, -0.2) is 8.93 Å². The van der Waals surface area contributed by atoms with Gasteiger partial charge in [-0.3, -0.25) is 4.79 Å². The van der Waals surface area contributed by atoms with Crippen molar-refractivity contribution in [1.82, 2.24) is 4.72 Å². The molecule has 4 nitrogen and oxygen atoms in total. The molecule has 1 N–H and O–H groups in total. The van der Waals surface area contributed by atoms with Crippen LogP contribution in [0.5, 0.6) is 0 Å². The molecule has 3 aromatic rings. The van der Waals surface area contributed by atoms with E-state index < -0.39 is 30.5 Å². The van der Waals surface area contributed by atoms with Gasteiger partial charge in [-0.1, -0.05) is 110 Å². The fraction of sp³-hybridized carbons (Fsp3) is 0.367. The Labute approximate surface area is 220 Å². The van der Waals surface area contributed by atoms with Gasteiger partial charge in [0.15, 0.2) is 0 Å². The van der Waals surface area contributed by atoms with Crippen molar-refractivity contribution in [3.8, 4) is 0 Å². The number of hydrogen-bond acceptors (Lipinski definition) is 3. The predicted molar refractivity (Wildman–Crippen MR) is 153 cm³/mol. The Hall–Kier alpha value is -2.54. The van der Waals surface area contributed by atoms with E-state index in [1.54, 1.807) is 0 Å². The number of methoxy groups -OCH3 is 1. The van der Waals surface area contributed by atoms with Gasteiger partial charge in [0.05, 0.1) is 17.4 Å². The first-order valence-electron chi connectivity index (χ1n) is 12.4. The molecular weight excluding hydrogens is 482 g/mol. The van der Waals surface area contributed by atoms with Gasteiger partial charge in [0.25, 0.3) is 0 Å². The van der Waals surface area contributed by atoms with E-state index in [0.717, 1.165) is 5.56 Å². The second-order valence-corrected chi connectivity index (χ2v) is 17.2. The van der Waals surface area contributed by atoms with Gasteiger partial charge in [-0.2, -0.15) is 0 Å². The molecule has 0 aromatic heterocycles. The lowest BCUT2D eigenvalue weighted by Gasteiger charge is -2.48. The van der Waals surface area contributed by atoms with E-state index in [0.29, 0.717) is 10.9 Å². The van der Waals surface area contributed by atoms with E-state index >= 15 is 0 Å². The molecule has 3 aromatic carbocycles. The van der Waals surface area contributed by atoms with Crippen molar-refractivity contribution in [2.45, 2.75) is 63.6 Å². The summed E-state index contributed by atoms with van der Waals surface area (Å²) in [5, 5.41) is 2.47. The van der Waals surface area contributed by atoms with Crippen molar-refractivity contribution < 1.29 is 13.7 Å². The molecule has 192 valence electrons. The first kappa shape index (κ1) is 28.0. The molecule has 36 heavy (non-hydrogen) atoms. The third kappa shape index (κ3) is 5.71. The monoisotopic (exact) mass is 521 g/mol. The largest absolute Gasteiger partial charge is 0.469 e. The molecule has 0 aliphatic carbocycles. The van der Waals surface area contributed by atoms with E-state index in [2.05, 4.69) is 74.0 Å². The number of carbonyl (C=O) groups is 1. The van der Waals surface area contributed by atoms with Crippen LogP contribution in [0.15, 0.2) is 89.8 Å². The first-order chi connectivity index (χ1) is 16.9. The number of carbonyl (C=O) groups excluding carboxylic acids is 1. The molecule has 0 heterocycles. The Morgan fingerprint density at radius 3 is 1.75 bits per heavy atom. The van der Waals surface area contributed by atoms with E-state index in [1.165, 1.54) is 17.5 Å². The Morgan fingerprint density at radius 2 is 1.33 bits per heavy atom. The number of aryl methyl sites for hydroxylation is 1. The quantitative estimate of drug-likeness (QED) is 0.310. The van der Waals surface area contributed by atoms with E-state index in [-0.39, 0.29) is 11.0 Å². The molecule has 2 atom stereocenters. The number of rotatable bonds is 9. The Bertz CT molecular complexity index is 1130. The van der Waals surface area contributed by atoms with Crippen molar-refractivity contribution in [3.05, 3.63) is 90.5 Å². The normalized spacial score (nSPS) is 14.2. The maximum Gasteiger partial charge on any atom is 0.312 e. The maximum absolute atomic E-state index is 13.6. The lowest BCUT2D eigenvalue weighted by molar-refractivity contribution is -0.151. The number of benzene rings is 3. The van der Waals surface area contributed by atoms with Crippen molar-refractivity contribution in [1.29, 1.82) is 0 Å². The summed E-state index contributed by atoms with van der Waals surface area (Å²) in [7, 11) is -2.64. The van der Waals surface area contributed by atoms with E-state index in [4.69, 9.17) is 4.74 Å². The first-order valence-corrected chi connectivity index (χ1v) is 15.7. The van der Waals surface area contributed by atoms with Crippen LogP contribution in [-0.4, -0.2) is 31.4 Å². The molecule has 0 amide bonds. The van der Waals surface area contributed by atoms with Crippen LogP contribution in [0.2, 0.25) is 11.1 Å². The summed E-state index contributed by atoms with van der Waals surface area (Å²) in [5.74, 6) is -0.321. The van der Waals surface area contributed by atoms with Gasteiger partial charge in [0, 0.05) is 6.04 Å². The molecule has 0 saturated heterocycles. The summed E-state index contributed by atoms with van der Waals surface area (Å²) in [5.41, 5.74) is 0.192. The number of nitrogens with one attached hydrogen (secondary N) is 1. The predicted octanol–water partition coefficient (Wildman–Crippen LogP) is 5.24. The third-order valence-electron chi connectivity index (χ3n) is 7.39. The average molecular weight is 522 g/mol. The van der Waals surface area contributed by atoms with Gasteiger partial charge in [-0.05, 0) is 44.0 Å². The SMILES string of the molecule is COC(=O)C(C)(C)[C@H](C[Si](c1ccccc1)(c1ccccc1)C(C)(C)C)N[S@@](=O)c1ccc(C)cc1. The maximum atomic E-state index is 13.6. The van der Waals surface area contributed by atoms with Crippen molar-refractivity contribution in [3.63, 3.8) is 0 Å². The molecule has 6 heteroatoms. The summed E-state index contributed by atoms with van der Waals surface area (Å²) in [6.07, 6.45) is 0. The lowest BCUT2D eigenvalue weighted by Crippen LogP contribution is -2.68. The Morgan fingerprint density at radius 1 is 0.861 bits per heavy atom. The zero-order valence-corrected chi connectivity index (χ0v) is 24.3. The van der Waals surface area contributed by atoms with E-state index in [1.807, 2.05) is 57.2 Å². The molecule has 0 saturated carbocycles. The number of hydrogen-bond donors (Lipinski definition) is 1. The fourth-order valence-electron chi connectivity index (χ4n) is 5.03. The zero-order chi connectivity index (χ0) is 26.6. The minimum Gasteiger partial charge on any atom is -0.469 e. The van der Waals surface area contributed by atoms with Gasteiger partial charge in [-0.15, -0.1) is 0 Å². The number of esters is 1. The van der Waals surface area contributed by atoms with Gasteiger partial charge in [0.1, 0.15) is 19.1 Å². The second-order valence-electron chi connectivity index (χ2n) is 11.1. The topological polar surface area (TPSA) is 55.4 Å². The van der Waals surface area contributed by atoms with Crippen LogP contribution >= 0.6 is 0 Å². The Balaban J connectivity index is 2.20. The summed E-state index contributed by atoms with van der Waals surface area (Å²) >= 11 is 0. The van der Waals surface area contributed by atoms with Crippen LogP contribution in [0.25, 0.3) is 0 Å². The molecule has 0 aliphatic rings. The molecule has 0 aliphatic heterocycles. The van der Waals surface area contributed by atoms with E-state index in [9.17, 15) is 9.00 Å². The highest BCUT2D eigenvalue weighted by molar-refractivity contribution is 7.83. The lowest BCUT2D eigenvalue weighted by atomic mass is 9.86. The fourth-order valence-corrected chi connectivity index (χ4v) is 12.2. The summed E-state index contributed by atoms with van der Waals surface area (Å²) in [6, 6.07) is 29.2. The molecule has 0 unspecified atom stereocenters. The van der Waals surface area contributed by atoms with Crippen LogP contribution in [0.4, 0.5) is 0 Å². The smallest absolute Gasteiger partial charge is 0.312 e. The Kier molecular flexibility index (Phi) is 8.75. The van der Waals surface area contributed by atoms with Crippen LogP contribution < -0.4 is 15.1 Å². The minimum atomic E-state index is -2.56. The van der Waals surface area contributed by atoms with Gasteiger partial charge >= 0.3 is 5.97 Å². The van der Waals surface area contributed by atoms with Crippen LogP contribution in [0, 0.1) is 12.3 Å². The highest BCUT2D eigenvalue weighted by atomic mass is 32.2. The zero-order valence-electron chi connectivity index (χ0n) is 22.5. The van der Waals surface area contributed by atoms with Crippen molar-refractivity contribution >= 4 is 35.4 Å². The van der Waals surface area contributed by atoms with Crippen LogP contribution in [0.1, 0.15) is 40.2 Å².